The minimum Gasteiger partial charge on any atom is -0.344 e. The van der Waals surface area contributed by atoms with Gasteiger partial charge in [-0.1, -0.05) is 6.92 Å². The van der Waals surface area contributed by atoms with Crippen molar-refractivity contribution in [2.45, 2.75) is 52.0 Å². The van der Waals surface area contributed by atoms with Crippen LogP contribution in [-0.2, 0) is 12.3 Å². The molecule has 0 atom stereocenters. The van der Waals surface area contributed by atoms with E-state index in [9.17, 15) is 0 Å². The third kappa shape index (κ3) is 5.56. The molecule has 0 spiro atoms. The summed E-state index contributed by atoms with van der Waals surface area (Å²) < 4.78 is 0. The summed E-state index contributed by atoms with van der Waals surface area (Å²) in [6.45, 7) is 9.56. The van der Waals surface area contributed by atoms with Gasteiger partial charge in [-0.3, -0.25) is 0 Å². The molecular weight excluding hydrogens is 218 g/mol. The first-order chi connectivity index (χ1) is 7.51. The number of hydrogen-bond acceptors (Lipinski definition) is 3. The number of H-pyrrole nitrogens is 1. The van der Waals surface area contributed by atoms with E-state index in [-0.39, 0.29) is 5.54 Å². The summed E-state index contributed by atoms with van der Waals surface area (Å²) in [5, 5.41) is 3.44. The van der Waals surface area contributed by atoms with Crippen LogP contribution in [0.2, 0.25) is 0 Å². The third-order valence-corrected chi connectivity index (χ3v) is 3.25. The van der Waals surface area contributed by atoms with Crippen molar-refractivity contribution in [3.8, 4) is 0 Å². The molecule has 1 heterocycles. The lowest BCUT2D eigenvalue weighted by molar-refractivity contribution is 0.421. The van der Waals surface area contributed by atoms with Crippen LogP contribution < -0.4 is 5.32 Å². The second kappa shape index (κ2) is 6.30. The molecule has 16 heavy (non-hydrogen) atoms. The van der Waals surface area contributed by atoms with Gasteiger partial charge in [-0.25, -0.2) is 4.98 Å². The molecule has 0 bridgehead atoms. The Morgan fingerprint density at radius 1 is 1.44 bits per heavy atom. The topological polar surface area (TPSA) is 40.7 Å². The number of rotatable bonds is 6. The van der Waals surface area contributed by atoms with Crippen LogP contribution in [0.3, 0.4) is 0 Å². The highest BCUT2D eigenvalue weighted by Crippen LogP contribution is 2.10. The number of aromatic nitrogens is 2. The molecule has 0 aliphatic heterocycles. The van der Waals surface area contributed by atoms with E-state index in [2.05, 4.69) is 43.0 Å². The van der Waals surface area contributed by atoms with Gasteiger partial charge >= 0.3 is 0 Å². The zero-order chi connectivity index (χ0) is 12.0. The molecule has 3 nitrogen and oxygen atoms in total. The Morgan fingerprint density at radius 3 is 2.81 bits per heavy atom. The Morgan fingerprint density at radius 2 is 2.19 bits per heavy atom. The maximum absolute atomic E-state index is 4.37. The van der Waals surface area contributed by atoms with Gasteiger partial charge in [0.2, 0.25) is 0 Å². The van der Waals surface area contributed by atoms with Crippen molar-refractivity contribution in [3.05, 3.63) is 17.7 Å². The summed E-state index contributed by atoms with van der Waals surface area (Å²) >= 11 is 1.93. The Kier molecular flexibility index (Phi) is 5.35. The first-order valence-electron chi connectivity index (χ1n) is 5.87. The van der Waals surface area contributed by atoms with Crippen LogP contribution >= 0.6 is 11.8 Å². The van der Waals surface area contributed by atoms with Gasteiger partial charge in [0.05, 0.1) is 5.75 Å². The van der Waals surface area contributed by atoms with Crippen LogP contribution in [0.1, 0.15) is 45.6 Å². The van der Waals surface area contributed by atoms with Gasteiger partial charge in [-0.2, -0.15) is 11.8 Å². The molecule has 0 saturated carbocycles. The van der Waals surface area contributed by atoms with Crippen LogP contribution in [0.25, 0.3) is 0 Å². The fourth-order valence-corrected chi connectivity index (χ4v) is 2.02. The monoisotopic (exact) mass is 241 g/mol. The van der Waals surface area contributed by atoms with Crippen LogP contribution in [0.15, 0.2) is 6.20 Å². The van der Waals surface area contributed by atoms with Crippen LogP contribution in [0, 0.1) is 0 Å². The van der Waals surface area contributed by atoms with E-state index in [0.717, 1.165) is 18.1 Å². The third-order valence-electron chi connectivity index (χ3n) is 2.08. The van der Waals surface area contributed by atoms with Gasteiger partial charge < -0.3 is 10.3 Å². The molecule has 0 amide bonds. The first kappa shape index (κ1) is 13.6. The quantitative estimate of drug-likeness (QED) is 0.752. The zero-order valence-corrected chi connectivity index (χ0v) is 11.6. The van der Waals surface area contributed by atoms with E-state index in [1.807, 2.05) is 18.0 Å². The smallest absolute Gasteiger partial charge is 0.116 e. The number of thioether (sulfide) groups is 1. The average Bonchev–Trinajstić information content (AvgIpc) is 2.62. The number of imidazole rings is 1. The van der Waals surface area contributed by atoms with Gasteiger partial charge in [0.1, 0.15) is 5.82 Å². The second-order valence-electron chi connectivity index (χ2n) is 5.01. The van der Waals surface area contributed by atoms with Crippen LogP contribution in [0.4, 0.5) is 0 Å². The minimum atomic E-state index is 0.155. The summed E-state index contributed by atoms with van der Waals surface area (Å²) in [6, 6.07) is 0. The minimum absolute atomic E-state index is 0.155. The lowest BCUT2D eigenvalue weighted by atomic mass is 10.1. The van der Waals surface area contributed by atoms with E-state index in [1.165, 1.54) is 17.9 Å². The number of aromatic amines is 1. The molecule has 0 aromatic carbocycles. The van der Waals surface area contributed by atoms with Gasteiger partial charge in [0.25, 0.3) is 0 Å². The van der Waals surface area contributed by atoms with Gasteiger partial charge in [0, 0.05) is 24.0 Å². The van der Waals surface area contributed by atoms with Gasteiger partial charge in [-0.05, 0) is 32.9 Å². The number of nitrogens with one attached hydrogen (secondary N) is 2. The largest absolute Gasteiger partial charge is 0.344 e. The standard InChI is InChI=1S/C12H23N3S/c1-5-6-16-9-11-13-7-10(15-11)8-14-12(2,3)4/h7,14H,5-6,8-9H2,1-4H3,(H,13,15). The highest BCUT2D eigenvalue weighted by molar-refractivity contribution is 7.98. The molecule has 0 fully saturated rings. The van der Waals surface area contributed by atoms with Gasteiger partial charge in [-0.15, -0.1) is 0 Å². The van der Waals surface area contributed by atoms with Crippen LogP contribution in [-0.4, -0.2) is 21.3 Å². The van der Waals surface area contributed by atoms with Crippen molar-refractivity contribution in [2.24, 2.45) is 0 Å². The average molecular weight is 241 g/mol. The molecule has 0 radical (unpaired) electrons. The van der Waals surface area contributed by atoms with E-state index in [4.69, 9.17) is 0 Å². The summed E-state index contributed by atoms with van der Waals surface area (Å²) in [7, 11) is 0. The Labute approximate surface area is 103 Å². The van der Waals surface area contributed by atoms with Crippen molar-refractivity contribution >= 4 is 11.8 Å². The highest BCUT2D eigenvalue weighted by Gasteiger charge is 2.09. The molecule has 4 heteroatoms. The maximum atomic E-state index is 4.37. The normalized spacial score (nSPS) is 12.0. The van der Waals surface area contributed by atoms with Crippen molar-refractivity contribution < 1.29 is 0 Å². The van der Waals surface area contributed by atoms with E-state index < -0.39 is 0 Å². The first-order valence-corrected chi connectivity index (χ1v) is 7.02. The lowest BCUT2D eigenvalue weighted by Crippen LogP contribution is -2.35. The molecule has 2 N–H and O–H groups in total. The van der Waals surface area contributed by atoms with Crippen LogP contribution in [0.5, 0.6) is 0 Å². The van der Waals surface area contributed by atoms with E-state index in [1.54, 1.807) is 0 Å². The zero-order valence-electron chi connectivity index (χ0n) is 10.8. The Balaban J connectivity index is 2.33. The molecule has 0 aliphatic carbocycles. The second-order valence-corrected chi connectivity index (χ2v) is 6.12. The highest BCUT2D eigenvalue weighted by atomic mass is 32.2. The lowest BCUT2D eigenvalue weighted by Gasteiger charge is -2.19. The Hall–Kier alpha value is -0.480. The molecule has 0 aliphatic rings. The predicted octanol–water partition coefficient (Wildman–Crippen LogP) is 2.94. The summed E-state index contributed by atoms with van der Waals surface area (Å²) in [5.41, 5.74) is 1.32. The SMILES string of the molecule is CCCSCc1ncc(CNC(C)(C)C)[nH]1. The molecule has 0 unspecified atom stereocenters. The fourth-order valence-electron chi connectivity index (χ4n) is 1.24. The van der Waals surface area contributed by atoms with Gasteiger partial charge in [0.15, 0.2) is 0 Å². The fraction of sp³-hybridized carbons (Fsp3) is 0.750. The molecule has 92 valence electrons. The van der Waals surface area contributed by atoms with E-state index >= 15 is 0 Å². The summed E-state index contributed by atoms with van der Waals surface area (Å²) in [5.74, 6) is 3.28. The summed E-state index contributed by atoms with van der Waals surface area (Å²) in [6.07, 6.45) is 3.16. The van der Waals surface area contributed by atoms with Crippen molar-refractivity contribution in [1.82, 2.24) is 15.3 Å². The molecule has 1 aromatic rings. The molecule has 1 rings (SSSR count). The number of nitrogens with zero attached hydrogens (tertiary/aromatic N) is 1. The number of hydrogen-bond donors (Lipinski definition) is 2. The predicted molar refractivity (Wildman–Crippen MR) is 71.6 cm³/mol. The Bertz CT molecular complexity index is 301. The van der Waals surface area contributed by atoms with E-state index in [0.29, 0.717) is 0 Å². The van der Waals surface area contributed by atoms with Crippen molar-refractivity contribution in [1.29, 1.82) is 0 Å². The molecular formula is C12H23N3S. The molecule has 0 saturated heterocycles. The maximum Gasteiger partial charge on any atom is 0.116 e. The van der Waals surface area contributed by atoms with Crippen molar-refractivity contribution in [3.63, 3.8) is 0 Å². The summed E-state index contributed by atoms with van der Waals surface area (Å²) in [4.78, 5) is 7.72. The van der Waals surface area contributed by atoms with Crippen molar-refractivity contribution in [2.75, 3.05) is 5.75 Å². The molecule has 1 aromatic heterocycles.